The number of nitrogens with zero attached hydrogens (tertiary/aromatic N) is 3. The number of likely N-dealkylation sites (N-methyl/N-ethyl adjacent to an activating group) is 1. The van der Waals surface area contributed by atoms with Crippen LogP contribution in [0.15, 0.2) is 16.8 Å². The summed E-state index contributed by atoms with van der Waals surface area (Å²) < 4.78 is 0. The van der Waals surface area contributed by atoms with Gasteiger partial charge >= 0.3 is 0 Å². The normalized spacial score (nSPS) is 16.1. The second-order valence-corrected chi connectivity index (χ2v) is 5.70. The number of thiophene rings is 1. The van der Waals surface area contributed by atoms with Crippen molar-refractivity contribution in [2.45, 2.75) is 27.2 Å². The van der Waals surface area contributed by atoms with Gasteiger partial charge in [0.05, 0.1) is 0 Å². The molecule has 0 amide bonds. The molecule has 4 heteroatoms. The van der Waals surface area contributed by atoms with Crippen LogP contribution >= 0.6 is 11.3 Å². The van der Waals surface area contributed by atoms with Crippen LogP contribution in [-0.4, -0.2) is 43.1 Å². The van der Waals surface area contributed by atoms with E-state index in [-0.39, 0.29) is 0 Å². The number of aryl methyl sites for hydroxylation is 1. The topological polar surface area (TPSA) is 19.4 Å². The summed E-state index contributed by atoms with van der Waals surface area (Å²) in [6, 6.07) is 2.23. The van der Waals surface area contributed by atoms with Crippen LogP contribution in [0.5, 0.6) is 0 Å². The van der Waals surface area contributed by atoms with E-state index >= 15 is 0 Å². The van der Waals surface area contributed by atoms with Gasteiger partial charge in [-0.05, 0) is 30.3 Å². The monoisotopic (exact) mass is 291 g/mol. The van der Waals surface area contributed by atoms with Gasteiger partial charge in [-0.2, -0.15) is 11.3 Å². The quantitative estimate of drug-likeness (QED) is 0.842. The van der Waals surface area contributed by atoms with Gasteiger partial charge in [-0.1, -0.05) is 20.8 Å². The highest BCUT2D eigenvalue weighted by atomic mass is 32.1. The van der Waals surface area contributed by atoms with Gasteiger partial charge in [0.15, 0.2) is 0 Å². The lowest BCUT2D eigenvalue weighted by Gasteiger charge is -2.33. The third-order valence-electron chi connectivity index (χ3n) is 3.67. The Labute approximate surface area is 126 Å². The molecule has 2 aromatic rings. The molecule has 1 fully saturated rings. The first-order valence-corrected chi connectivity index (χ1v) is 8.51. The SMILES string of the molecule is CC.CCc1cc2cscc2c(N2CCN(C)CC2)n1. The van der Waals surface area contributed by atoms with Crippen LogP contribution in [0.3, 0.4) is 0 Å². The molecule has 0 bridgehead atoms. The molecule has 0 aliphatic carbocycles. The highest BCUT2D eigenvalue weighted by Gasteiger charge is 2.18. The van der Waals surface area contributed by atoms with Crippen molar-refractivity contribution in [3.05, 3.63) is 22.5 Å². The number of aromatic nitrogens is 1. The predicted octanol–water partition coefficient (Wildman–Crippen LogP) is 3.64. The number of anilines is 1. The maximum Gasteiger partial charge on any atom is 0.137 e. The molecule has 1 saturated heterocycles. The minimum Gasteiger partial charge on any atom is -0.354 e. The van der Waals surface area contributed by atoms with Crippen molar-refractivity contribution in [3.63, 3.8) is 0 Å². The van der Waals surface area contributed by atoms with E-state index in [9.17, 15) is 0 Å². The van der Waals surface area contributed by atoms with Crippen LogP contribution in [0.4, 0.5) is 5.82 Å². The Morgan fingerprint density at radius 1 is 1.15 bits per heavy atom. The van der Waals surface area contributed by atoms with Gasteiger partial charge in [-0.15, -0.1) is 0 Å². The summed E-state index contributed by atoms with van der Waals surface area (Å²) in [6.45, 7) is 10.6. The number of rotatable bonds is 2. The van der Waals surface area contributed by atoms with Gasteiger partial charge in [0, 0.05) is 42.6 Å². The highest BCUT2D eigenvalue weighted by molar-refractivity contribution is 7.09. The van der Waals surface area contributed by atoms with Crippen LogP contribution in [-0.2, 0) is 6.42 Å². The minimum atomic E-state index is 1.01. The van der Waals surface area contributed by atoms with Crippen LogP contribution in [0.2, 0.25) is 0 Å². The molecule has 3 heterocycles. The number of fused-ring (bicyclic) bond motifs is 1. The van der Waals surface area contributed by atoms with Gasteiger partial charge in [0.2, 0.25) is 0 Å². The van der Waals surface area contributed by atoms with Gasteiger partial charge in [-0.25, -0.2) is 4.98 Å². The third-order valence-corrected chi connectivity index (χ3v) is 4.43. The molecule has 20 heavy (non-hydrogen) atoms. The fourth-order valence-electron chi connectivity index (χ4n) is 2.45. The molecule has 0 spiro atoms. The van der Waals surface area contributed by atoms with E-state index in [2.05, 4.69) is 40.6 Å². The molecule has 0 atom stereocenters. The first-order valence-electron chi connectivity index (χ1n) is 7.57. The van der Waals surface area contributed by atoms with Gasteiger partial charge in [-0.3, -0.25) is 0 Å². The molecule has 110 valence electrons. The molecule has 0 unspecified atom stereocenters. The average Bonchev–Trinajstić information content (AvgIpc) is 2.97. The van der Waals surface area contributed by atoms with Crippen molar-refractivity contribution in [2.24, 2.45) is 0 Å². The Kier molecular flexibility index (Phi) is 5.38. The Morgan fingerprint density at radius 2 is 1.85 bits per heavy atom. The molecule has 0 aromatic carbocycles. The van der Waals surface area contributed by atoms with Crippen molar-refractivity contribution < 1.29 is 0 Å². The highest BCUT2D eigenvalue weighted by Crippen LogP contribution is 2.29. The summed E-state index contributed by atoms with van der Waals surface area (Å²) in [5.74, 6) is 1.19. The Hall–Kier alpha value is -1.13. The maximum atomic E-state index is 4.85. The van der Waals surface area contributed by atoms with E-state index in [1.54, 1.807) is 11.3 Å². The first-order chi connectivity index (χ1) is 9.78. The summed E-state index contributed by atoms with van der Waals surface area (Å²) in [4.78, 5) is 9.67. The van der Waals surface area contributed by atoms with Gasteiger partial charge < -0.3 is 9.80 Å². The fraction of sp³-hybridized carbons (Fsp3) is 0.562. The fourth-order valence-corrected chi connectivity index (χ4v) is 3.24. The van der Waals surface area contributed by atoms with Crippen LogP contribution in [0.1, 0.15) is 26.5 Å². The van der Waals surface area contributed by atoms with Crippen molar-refractivity contribution in [1.82, 2.24) is 9.88 Å². The molecule has 0 radical (unpaired) electrons. The Bertz CT molecular complexity index is 542. The summed E-state index contributed by atoms with van der Waals surface area (Å²) >= 11 is 1.77. The second kappa shape index (κ2) is 7.04. The standard InChI is InChI=1S/C14H19N3S.C2H6/c1-3-12-8-11-9-18-10-13(11)14(15-12)17-6-4-16(2)5-7-17;1-2/h8-10H,3-7H2,1-2H3;1-2H3. The molecule has 1 aliphatic heterocycles. The number of pyridine rings is 1. The van der Waals surface area contributed by atoms with Crippen LogP contribution < -0.4 is 4.90 Å². The molecular weight excluding hydrogens is 266 g/mol. The lowest BCUT2D eigenvalue weighted by Crippen LogP contribution is -2.44. The van der Waals surface area contributed by atoms with Crippen molar-refractivity contribution >= 4 is 27.9 Å². The van der Waals surface area contributed by atoms with Crippen LogP contribution in [0, 0.1) is 0 Å². The third kappa shape index (κ3) is 3.13. The lowest BCUT2D eigenvalue weighted by molar-refractivity contribution is 0.312. The summed E-state index contributed by atoms with van der Waals surface area (Å²) in [5, 5.41) is 7.13. The minimum absolute atomic E-state index is 1.01. The summed E-state index contributed by atoms with van der Waals surface area (Å²) in [6.07, 6.45) is 1.01. The Morgan fingerprint density at radius 3 is 2.50 bits per heavy atom. The largest absolute Gasteiger partial charge is 0.354 e. The first kappa shape index (κ1) is 15.3. The van der Waals surface area contributed by atoms with E-state index in [0.29, 0.717) is 0 Å². The molecule has 0 saturated carbocycles. The lowest BCUT2D eigenvalue weighted by atomic mass is 10.2. The predicted molar refractivity (Wildman–Crippen MR) is 90.1 cm³/mol. The molecule has 3 nitrogen and oxygen atoms in total. The number of hydrogen-bond acceptors (Lipinski definition) is 4. The molecule has 3 rings (SSSR count). The molecule has 1 aliphatic rings. The van der Waals surface area contributed by atoms with E-state index < -0.39 is 0 Å². The van der Waals surface area contributed by atoms with Gasteiger partial charge in [0.1, 0.15) is 5.82 Å². The van der Waals surface area contributed by atoms with E-state index in [4.69, 9.17) is 4.98 Å². The second-order valence-electron chi connectivity index (χ2n) is 4.96. The molecule has 0 N–H and O–H groups in total. The molecule has 2 aromatic heterocycles. The average molecular weight is 291 g/mol. The smallest absolute Gasteiger partial charge is 0.137 e. The van der Waals surface area contributed by atoms with Gasteiger partial charge in [0.25, 0.3) is 0 Å². The van der Waals surface area contributed by atoms with E-state index in [1.165, 1.54) is 22.3 Å². The number of hydrogen-bond donors (Lipinski definition) is 0. The zero-order chi connectivity index (χ0) is 14.5. The maximum absolute atomic E-state index is 4.85. The van der Waals surface area contributed by atoms with Crippen LogP contribution in [0.25, 0.3) is 10.8 Å². The molecular formula is C16H25N3S. The zero-order valence-corrected chi connectivity index (χ0v) is 13.8. The van der Waals surface area contributed by atoms with Crippen molar-refractivity contribution in [3.8, 4) is 0 Å². The summed E-state index contributed by atoms with van der Waals surface area (Å²) in [7, 11) is 2.19. The zero-order valence-electron chi connectivity index (χ0n) is 13.0. The Balaban J connectivity index is 0.000000704. The summed E-state index contributed by atoms with van der Waals surface area (Å²) in [5.41, 5.74) is 1.20. The van der Waals surface area contributed by atoms with E-state index in [0.717, 1.165) is 32.6 Å². The van der Waals surface area contributed by atoms with Crippen molar-refractivity contribution in [1.29, 1.82) is 0 Å². The number of piperazine rings is 1. The van der Waals surface area contributed by atoms with Crippen molar-refractivity contribution in [2.75, 3.05) is 38.1 Å². The van der Waals surface area contributed by atoms with E-state index in [1.807, 2.05) is 13.8 Å².